The predicted octanol–water partition coefficient (Wildman–Crippen LogP) is 4.76. The number of anilines is 1. The number of aryl methyl sites for hydroxylation is 2. The van der Waals surface area contributed by atoms with E-state index in [0.717, 1.165) is 27.8 Å². The average Bonchev–Trinajstić information content (AvgIpc) is 3.43. The number of pyridine rings is 1. The van der Waals surface area contributed by atoms with Crippen LogP contribution in [0.5, 0.6) is 11.6 Å². The summed E-state index contributed by atoms with van der Waals surface area (Å²) >= 11 is 0. The highest BCUT2D eigenvalue weighted by atomic mass is 32.2. The van der Waals surface area contributed by atoms with Crippen LogP contribution in [0.3, 0.4) is 0 Å². The van der Waals surface area contributed by atoms with Gasteiger partial charge in [-0.3, -0.25) is 4.79 Å². The van der Waals surface area contributed by atoms with Crippen molar-refractivity contribution in [3.63, 3.8) is 0 Å². The molecule has 2 aromatic carbocycles. The number of fused-ring (bicyclic) bond motifs is 1. The van der Waals surface area contributed by atoms with Crippen molar-refractivity contribution in [2.75, 3.05) is 12.0 Å². The van der Waals surface area contributed by atoms with Gasteiger partial charge in [0.05, 0.1) is 29.4 Å². The molecule has 38 heavy (non-hydrogen) atoms. The highest BCUT2D eigenvalue weighted by Crippen LogP contribution is 2.32. The SMILES string of the molecule is Cc1cc2c(cc1CS(C)(=O)=O)CC(C(=O)c1cnn(-c3cnc(Oc4ccc(F)cc4)cc3C)c1N)=C2. The minimum atomic E-state index is -3.18. The minimum Gasteiger partial charge on any atom is -0.439 e. The second-order valence-corrected chi connectivity index (χ2v) is 11.6. The molecular formula is C28H25FN4O4S. The Morgan fingerprint density at radius 1 is 1.11 bits per heavy atom. The number of nitrogens with two attached hydrogens (primary N) is 1. The molecule has 0 bridgehead atoms. The first kappa shape index (κ1) is 25.3. The molecule has 2 N–H and O–H groups in total. The zero-order chi connectivity index (χ0) is 27.2. The molecule has 194 valence electrons. The summed E-state index contributed by atoms with van der Waals surface area (Å²) in [6, 6.07) is 11.1. The predicted molar refractivity (Wildman–Crippen MR) is 143 cm³/mol. The lowest BCUT2D eigenvalue weighted by atomic mass is 10.0. The molecule has 0 radical (unpaired) electrons. The van der Waals surface area contributed by atoms with Gasteiger partial charge in [-0.05, 0) is 72.0 Å². The number of hydrogen-bond acceptors (Lipinski definition) is 7. The molecule has 10 heteroatoms. The molecule has 0 saturated heterocycles. The fourth-order valence-electron chi connectivity index (χ4n) is 4.46. The van der Waals surface area contributed by atoms with Crippen molar-refractivity contribution in [3.8, 4) is 17.3 Å². The van der Waals surface area contributed by atoms with E-state index in [0.29, 0.717) is 29.3 Å². The summed E-state index contributed by atoms with van der Waals surface area (Å²) in [6.07, 6.45) is 6.38. The van der Waals surface area contributed by atoms with Crippen LogP contribution >= 0.6 is 0 Å². The molecule has 8 nitrogen and oxygen atoms in total. The summed E-state index contributed by atoms with van der Waals surface area (Å²) in [7, 11) is -3.18. The summed E-state index contributed by atoms with van der Waals surface area (Å²) in [6.45, 7) is 3.70. The van der Waals surface area contributed by atoms with Crippen LogP contribution < -0.4 is 10.5 Å². The van der Waals surface area contributed by atoms with Crippen LogP contribution in [-0.4, -0.2) is 35.2 Å². The van der Waals surface area contributed by atoms with Gasteiger partial charge >= 0.3 is 0 Å². The molecule has 0 atom stereocenters. The monoisotopic (exact) mass is 532 g/mol. The van der Waals surface area contributed by atoms with E-state index >= 15 is 0 Å². The zero-order valence-electron chi connectivity index (χ0n) is 21.0. The number of sulfone groups is 1. The summed E-state index contributed by atoms with van der Waals surface area (Å²) in [4.78, 5) is 17.7. The number of ketones is 1. The number of hydrogen-bond donors (Lipinski definition) is 1. The molecule has 0 saturated carbocycles. The third kappa shape index (κ3) is 5.08. The topological polar surface area (TPSA) is 117 Å². The highest BCUT2D eigenvalue weighted by molar-refractivity contribution is 7.89. The standard InChI is InChI=1S/C28H25FN4O4S/c1-16-8-18-10-20(11-19(18)12-21(16)15-38(3,35)36)27(34)24-13-32-33(28(24)30)25-14-31-26(9-17(25)2)37-23-6-4-22(29)5-7-23/h4-10,12-14H,11,15,30H2,1-3H3. The van der Waals surface area contributed by atoms with Crippen molar-refractivity contribution in [1.29, 1.82) is 0 Å². The van der Waals surface area contributed by atoms with Crippen LogP contribution in [0.1, 0.15) is 38.2 Å². The molecule has 1 aliphatic carbocycles. The maximum atomic E-state index is 13.4. The lowest BCUT2D eigenvalue weighted by molar-refractivity contribution is 0.103. The van der Waals surface area contributed by atoms with Gasteiger partial charge in [-0.2, -0.15) is 5.10 Å². The molecular weight excluding hydrogens is 507 g/mol. The third-order valence-electron chi connectivity index (χ3n) is 6.39. The first-order chi connectivity index (χ1) is 18.0. The van der Waals surface area contributed by atoms with Crippen molar-refractivity contribution in [1.82, 2.24) is 14.8 Å². The van der Waals surface area contributed by atoms with Gasteiger partial charge in [0.25, 0.3) is 0 Å². The van der Waals surface area contributed by atoms with E-state index in [4.69, 9.17) is 10.5 Å². The quantitative estimate of drug-likeness (QED) is 0.341. The molecule has 0 spiro atoms. The Bertz CT molecular complexity index is 1720. The fourth-order valence-corrected chi connectivity index (χ4v) is 5.34. The van der Waals surface area contributed by atoms with E-state index < -0.39 is 9.84 Å². The van der Waals surface area contributed by atoms with Gasteiger partial charge in [0.15, 0.2) is 15.6 Å². The van der Waals surface area contributed by atoms with Crippen LogP contribution in [0.4, 0.5) is 10.2 Å². The first-order valence-electron chi connectivity index (χ1n) is 11.8. The average molecular weight is 533 g/mol. The number of allylic oxidation sites excluding steroid dienone is 1. The van der Waals surface area contributed by atoms with Crippen LogP contribution in [-0.2, 0) is 22.0 Å². The number of benzene rings is 2. The van der Waals surface area contributed by atoms with E-state index in [2.05, 4.69) is 10.1 Å². The summed E-state index contributed by atoms with van der Waals surface area (Å²) < 4.78 is 43.9. The Hall–Kier alpha value is -4.31. The van der Waals surface area contributed by atoms with Gasteiger partial charge in [0, 0.05) is 24.3 Å². The lowest BCUT2D eigenvalue weighted by Gasteiger charge is -2.11. The third-order valence-corrected chi connectivity index (χ3v) is 7.23. The fraction of sp³-hybridized carbons (Fsp3) is 0.179. The number of aromatic nitrogens is 3. The largest absolute Gasteiger partial charge is 0.439 e. The molecule has 0 aliphatic heterocycles. The second kappa shape index (κ2) is 9.53. The molecule has 0 fully saturated rings. The van der Waals surface area contributed by atoms with Gasteiger partial charge in [-0.15, -0.1) is 0 Å². The van der Waals surface area contributed by atoms with Gasteiger partial charge in [-0.1, -0.05) is 12.1 Å². The Labute approximate surface area is 219 Å². The lowest BCUT2D eigenvalue weighted by Crippen LogP contribution is -2.09. The van der Waals surface area contributed by atoms with E-state index in [9.17, 15) is 17.6 Å². The number of carbonyl (C=O) groups is 1. The molecule has 0 unspecified atom stereocenters. The number of ether oxygens (including phenoxy) is 1. The highest BCUT2D eigenvalue weighted by Gasteiger charge is 2.25. The van der Waals surface area contributed by atoms with Crippen LogP contribution in [0.15, 0.2) is 60.4 Å². The van der Waals surface area contributed by atoms with Crippen LogP contribution in [0.25, 0.3) is 11.8 Å². The zero-order valence-corrected chi connectivity index (χ0v) is 21.8. The number of carbonyl (C=O) groups excluding carboxylic acids is 1. The Morgan fingerprint density at radius 2 is 1.84 bits per heavy atom. The van der Waals surface area contributed by atoms with E-state index in [1.165, 1.54) is 41.4 Å². The summed E-state index contributed by atoms with van der Waals surface area (Å²) in [5, 5.41) is 4.33. The number of nitrogen functional groups attached to an aromatic ring is 1. The van der Waals surface area contributed by atoms with Gasteiger partial charge in [-0.25, -0.2) is 22.5 Å². The molecule has 2 heterocycles. The Balaban J connectivity index is 1.37. The molecule has 5 rings (SSSR count). The Morgan fingerprint density at radius 3 is 2.53 bits per heavy atom. The number of rotatable bonds is 7. The van der Waals surface area contributed by atoms with E-state index in [-0.39, 0.29) is 28.7 Å². The maximum Gasteiger partial charge on any atom is 0.219 e. The summed E-state index contributed by atoms with van der Waals surface area (Å²) in [5.41, 5.74) is 11.9. The second-order valence-electron chi connectivity index (χ2n) is 9.44. The first-order valence-corrected chi connectivity index (χ1v) is 13.8. The van der Waals surface area contributed by atoms with Crippen molar-refractivity contribution >= 4 is 27.5 Å². The van der Waals surface area contributed by atoms with Gasteiger partial charge in [0.1, 0.15) is 17.4 Å². The van der Waals surface area contributed by atoms with Crippen molar-refractivity contribution < 1.29 is 22.3 Å². The normalized spacial score (nSPS) is 12.8. The minimum absolute atomic E-state index is 0.0454. The van der Waals surface area contributed by atoms with Gasteiger partial charge < -0.3 is 10.5 Å². The van der Waals surface area contributed by atoms with Gasteiger partial charge in [0.2, 0.25) is 5.88 Å². The Kier molecular flexibility index (Phi) is 6.36. The molecule has 2 aromatic heterocycles. The molecule has 0 amide bonds. The van der Waals surface area contributed by atoms with Crippen LogP contribution in [0.2, 0.25) is 0 Å². The van der Waals surface area contributed by atoms with Crippen molar-refractivity contribution in [2.45, 2.75) is 26.0 Å². The van der Waals surface area contributed by atoms with Crippen LogP contribution in [0, 0.1) is 19.7 Å². The number of halogens is 1. The van der Waals surface area contributed by atoms with E-state index in [1.54, 1.807) is 12.3 Å². The molecule has 1 aliphatic rings. The molecule has 4 aromatic rings. The summed E-state index contributed by atoms with van der Waals surface area (Å²) in [5.74, 6) is 0.296. The van der Waals surface area contributed by atoms with E-state index in [1.807, 2.05) is 32.1 Å². The number of nitrogens with zero attached hydrogens (tertiary/aromatic N) is 3. The smallest absolute Gasteiger partial charge is 0.219 e. The van der Waals surface area contributed by atoms with Crippen molar-refractivity contribution in [2.24, 2.45) is 0 Å². The number of Topliss-reactive ketones (excluding diaryl/α,β-unsaturated/α-hetero) is 1. The van der Waals surface area contributed by atoms with Crippen molar-refractivity contribution in [3.05, 3.63) is 99.6 Å². The maximum absolute atomic E-state index is 13.4.